The molecule has 1 atom stereocenters. The molecule has 0 spiro atoms. The third-order valence-corrected chi connectivity index (χ3v) is 4.43. The van der Waals surface area contributed by atoms with Crippen LogP contribution in [0.4, 0.5) is 5.69 Å². The Labute approximate surface area is 176 Å². The molecule has 0 aliphatic carbocycles. The maximum absolute atomic E-state index is 12.6. The van der Waals surface area contributed by atoms with Gasteiger partial charge in [0.2, 0.25) is 0 Å². The Kier molecular flexibility index (Phi) is 8.92. The van der Waals surface area contributed by atoms with Crippen molar-refractivity contribution in [3.8, 4) is 5.75 Å². The van der Waals surface area contributed by atoms with E-state index in [2.05, 4.69) is 10.6 Å². The maximum Gasteiger partial charge on any atom is 0.255 e. The van der Waals surface area contributed by atoms with Gasteiger partial charge in [-0.3, -0.25) is 9.59 Å². The number of amides is 2. The van der Waals surface area contributed by atoms with Gasteiger partial charge in [-0.2, -0.15) is 0 Å². The van der Waals surface area contributed by atoms with E-state index in [-0.39, 0.29) is 30.3 Å². The topological polar surface area (TPSA) is 103 Å². The average molecular weight is 420 g/mol. The molecule has 1 saturated heterocycles. The van der Waals surface area contributed by atoms with Gasteiger partial charge < -0.3 is 25.8 Å². The molecule has 1 aliphatic rings. The molecule has 0 saturated carbocycles. The second-order valence-corrected chi connectivity index (χ2v) is 6.51. The summed E-state index contributed by atoms with van der Waals surface area (Å²) in [6.45, 7) is 2.02. The number of para-hydroxylation sites is 1. The molecule has 1 heterocycles. The van der Waals surface area contributed by atoms with Crippen LogP contribution in [0.3, 0.4) is 0 Å². The summed E-state index contributed by atoms with van der Waals surface area (Å²) in [6, 6.07) is 13.7. The SMILES string of the molecule is Cl.NCCNC(=O)c1ccccc1NC(=O)c1ccc(OCC2CCCO2)cc1. The molecule has 2 aromatic rings. The van der Waals surface area contributed by atoms with Crippen LogP contribution < -0.4 is 21.1 Å². The van der Waals surface area contributed by atoms with E-state index < -0.39 is 0 Å². The van der Waals surface area contributed by atoms with E-state index in [1.54, 1.807) is 48.5 Å². The zero-order valence-electron chi connectivity index (χ0n) is 16.1. The first kappa shape index (κ1) is 22.7. The summed E-state index contributed by atoms with van der Waals surface area (Å²) in [5.41, 5.74) is 6.73. The van der Waals surface area contributed by atoms with E-state index in [1.807, 2.05) is 0 Å². The summed E-state index contributed by atoms with van der Waals surface area (Å²) < 4.78 is 11.2. The molecule has 4 N–H and O–H groups in total. The van der Waals surface area contributed by atoms with Gasteiger partial charge in [0, 0.05) is 25.3 Å². The number of ether oxygens (including phenoxy) is 2. The van der Waals surface area contributed by atoms with Gasteiger partial charge in [-0.1, -0.05) is 12.1 Å². The fourth-order valence-electron chi connectivity index (χ4n) is 2.93. The lowest BCUT2D eigenvalue weighted by atomic mass is 10.1. The van der Waals surface area contributed by atoms with Crippen molar-refractivity contribution in [2.24, 2.45) is 5.73 Å². The van der Waals surface area contributed by atoms with Crippen molar-refractivity contribution in [3.05, 3.63) is 59.7 Å². The minimum absolute atomic E-state index is 0. The molecular weight excluding hydrogens is 394 g/mol. The van der Waals surface area contributed by atoms with E-state index in [1.165, 1.54) is 0 Å². The molecular formula is C21H26ClN3O4. The summed E-state index contributed by atoms with van der Waals surface area (Å²) in [6.07, 6.45) is 2.22. The van der Waals surface area contributed by atoms with Gasteiger partial charge in [0.05, 0.1) is 17.4 Å². The van der Waals surface area contributed by atoms with Crippen molar-refractivity contribution < 1.29 is 19.1 Å². The molecule has 1 fully saturated rings. The van der Waals surface area contributed by atoms with Crippen LogP contribution in [0.1, 0.15) is 33.6 Å². The molecule has 0 aromatic heterocycles. The lowest BCUT2D eigenvalue weighted by Crippen LogP contribution is -2.30. The molecule has 156 valence electrons. The third-order valence-electron chi connectivity index (χ3n) is 4.43. The van der Waals surface area contributed by atoms with Crippen LogP contribution in [0.25, 0.3) is 0 Å². The van der Waals surface area contributed by atoms with Crippen LogP contribution in [-0.4, -0.2) is 44.2 Å². The zero-order valence-corrected chi connectivity index (χ0v) is 16.9. The van der Waals surface area contributed by atoms with E-state index in [9.17, 15) is 9.59 Å². The van der Waals surface area contributed by atoms with E-state index in [0.29, 0.717) is 42.3 Å². The van der Waals surface area contributed by atoms with Gasteiger partial charge in [0.15, 0.2) is 0 Å². The quantitative estimate of drug-likeness (QED) is 0.610. The van der Waals surface area contributed by atoms with Gasteiger partial charge in [-0.25, -0.2) is 0 Å². The first-order chi connectivity index (χ1) is 13.7. The van der Waals surface area contributed by atoms with Crippen molar-refractivity contribution in [2.45, 2.75) is 18.9 Å². The first-order valence-corrected chi connectivity index (χ1v) is 9.40. The predicted octanol–water partition coefficient (Wildman–Crippen LogP) is 2.61. The number of halogens is 1. The highest BCUT2D eigenvalue weighted by Crippen LogP contribution is 2.19. The van der Waals surface area contributed by atoms with Crippen molar-refractivity contribution in [2.75, 3.05) is 31.6 Å². The van der Waals surface area contributed by atoms with E-state index >= 15 is 0 Å². The number of hydrogen-bond acceptors (Lipinski definition) is 5. The van der Waals surface area contributed by atoms with Crippen molar-refractivity contribution in [1.29, 1.82) is 0 Å². The molecule has 8 heteroatoms. The Morgan fingerprint density at radius 1 is 1.10 bits per heavy atom. The normalized spacial score (nSPS) is 15.3. The van der Waals surface area contributed by atoms with Gasteiger partial charge in [0.1, 0.15) is 12.4 Å². The molecule has 29 heavy (non-hydrogen) atoms. The largest absolute Gasteiger partial charge is 0.491 e. The van der Waals surface area contributed by atoms with Crippen molar-refractivity contribution in [1.82, 2.24) is 5.32 Å². The number of benzene rings is 2. The number of nitrogens with two attached hydrogens (primary N) is 1. The molecule has 2 aromatic carbocycles. The molecule has 0 bridgehead atoms. The second kappa shape index (κ2) is 11.4. The Balaban J connectivity index is 0.00000300. The lowest BCUT2D eigenvalue weighted by molar-refractivity contribution is 0.0679. The summed E-state index contributed by atoms with van der Waals surface area (Å²) in [4.78, 5) is 24.8. The Bertz CT molecular complexity index is 808. The number of anilines is 1. The van der Waals surface area contributed by atoms with Crippen LogP contribution in [0.2, 0.25) is 0 Å². The summed E-state index contributed by atoms with van der Waals surface area (Å²) in [7, 11) is 0. The zero-order chi connectivity index (χ0) is 19.8. The molecule has 2 amide bonds. The summed E-state index contributed by atoms with van der Waals surface area (Å²) >= 11 is 0. The number of carbonyl (C=O) groups is 2. The average Bonchev–Trinajstić information content (AvgIpc) is 3.25. The highest BCUT2D eigenvalue weighted by molar-refractivity contribution is 6.09. The van der Waals surface area contributed by atoms with Crippen LogP contribution >= 0.6 is 12.4 Å². The Morgan fingerprint density at radius 3 is 2.55 bits per heavy atom. The van der Waals surface area contributed by atoms with Gasteiger partial charge in [-0.05, 0) is 49.2 Å². The maximum atomic E-state index is 12.6. The van der Waals surface area contributed by atoms with Crippen molar-refractivity contribution in [3.63, 3.8) is 0 Å². The highest BCUT2D eigenvalue weighted by Gasteiger charge is 2.16. The number of hydrogen-bond donors (Lipinski definition) is 3. The van der Waals surface area contributed by atoms with Crippen LogP contribution in [-0.2, 0) is 4.74 Å². The lowest BCUT2D eigenvalue weighted by Gasteiger charge is -2.13. The van der Waals surface area contributed by atoms with Gasteiger partial charge >= 0.3 is 0 Å². The standard InChI is InChI=1S/C21H25N3O4.ClH/c22-11-12-23-21(26)18-5-1-2-6-19(18)24-20(25)15-7-9-16(10-8-15)28-14-17-4-3-13-27-17;/h1-2,5-10,17H,3-4,11-14,22H2,(H,23,26)(H,24,25);1H. The van der Waals surface area contributed by atoms with Gasteiger partial charge in [-0.15, -0.1) is 12.4 Å². The smallest absolute Gasteiger partial charge is 0.255 e. The molecule has 7 nitrogen and oxygen atoms in total. The molecule has 1 unspecified atom stereocenters. The molecule has 0 radical (unpaired) electrons. The Hall–Kier alpha value is -2.61. The van der Waals surface area contributed by atoms with Crippen LogP contribution in [0, 0.1) is 0 Å². The fraction of sp³-hybridized carbons (Fsp3) is 0.333. The first-order valence-electron chi connectivity index (χ1n) is 9.40. The minimum Gasteiger partial charge on any atom is -0.491 e. The molecule has 1 aliphatic heterocycles. The van der Waals surface area contributed by atoms with Crippen LogP contribution in [0.15, 0.2) is 48.5 Å². The number of nitrogens with one attached hydrogen (secondary N) is 2. The second-order valence-electron chi connectivity index (χ2n) is 6.51. The Morgan fingerprint density at radius 2 is 1.86 bits per heavy atom. The fourth-order valence-corrected chi connectivity index (χ4v) is 2.93. The monoisotopic (exact) mass is 419 g/mol. The van der Waals surface area contributed by atoms with E-state index in [0.717, 1.165) is 19.4 Å². The summed E-state index contributed by atoms with van der Waals surface area (Å²) in [5, 5.41) is 5.49. The molecule has 3 rings (SSSR count). The highest BCUT2D eigenvalue weighted by atomic mass is 35.5. The van der Waals surface area contributed by atoms with Crippen LogP contribution in [0.5, 0.6) is 5.75 Å². The number of carbonyl (C=O) groups excluding carboxylic acids is 2. The van der Waals surface area contributed by atoms with E-state index in [4.69, 9.17) is 15.2 Å². The third kappa shape index (κ3) is 6.45. The summed E-state index contributed by atoms with van der Waals surface area (Å²) in [5.74, 6) is 0.109. The minimum atomic E-state index is -0.301. The van der Waals surface area contributed by atoms with Gasteiger partial charge in [0.25, 0.3) is 11.8 Å². The van der Waals surface area contributed by atoms with Crippen molar-refractivity contribution >= 4 is 29.9 Å². The number of rotatable bonds is 8. The predicted molar refractivity (Wildman–Crippen MR) is 114 cm³/mol.